The standard InChI is InChI=1S/C33H43ClN2O4S.C2H4O2/c1-5-7-23-16-27(34)12-14-28(23)26-19-36-18-25-10-13-29(25)31(39-4)9-6-8-21(2)22(3)41(38)35-33(37)24-11-15-32(40-20-26)30(36)17-24;1-2(3)4/h6,9,11-12,14-17,21-22,25-26,29,31H,5,7-8,10,13,18-20H2,1-4H3,(H,35,37);1H3,(H,3,4)/b9-6+;. The molecular weight excluding hydrogens is 612 g/mol. The Morgan fingerprint density at radius 3 is 2.60 bits per heavy atom. The van der Waals surface area contributed by atoms with E-state index >= 15 is 0 Å². The number of carbonyl (C=O) groups excluding carboxylic acids is 1. The first-order valence-corrected chi connectivity index (χ1v) is 17.5. The lowest BCUT2D eigenvalue weighted by atomic mass is 9.70. The summed E-state index contributed by atoms with van der Waals surface area (Å²) in [5, 5.41) is 7.99. The zero-order chi connectivity index (χ0) is 32.7. The second kappa shape index (κ2) is 16.1. The van der Waals surface area contributed by atoms with Gasteiger partial charge < -0.3 is 19.5 Å². The van der Waals surface area contributed by atoms with Crippen molar-refractivity contribution in [1.29, 1.82) is 0 Å². The maximum Gasteiger partial charge on any atom is 0.300 e. The third kappa shape index (κ3) is 8.89. The molecule has 0 radical (unpaired) electrons. The minimum Gasteiger partial charge on any atom is -0.491 e. The molecule has 7 atom stereocenters. The molecular formula is C35H47ClN2O6S. The van der Waals surface area contributed by atoms with Crippen LogP contribution in [0.2, 0.25) is 5.02 Å². The highest BCUT2D eigenvalue weighted by Gasteiger charge is 2.39. The van der Waals surface area contributed by atoms with Crippen molar-refractivity contribution in [2.75, 3.05) is 31.7 Å². The monoisotopic (exact) mass is 658 g/mol. The zero-order valence-electron chi connectivity index (χ0n) is 27.0. The first-order valence-electron chi connectivity index (χ1n) is 15.9. The number of nitrogens with zero attached hydrogens (tertiary/aromatic N) is 1. The number of benzene rings is 2. The number of carboxylic acid groups (broad SMARTS) is 1. The maximum absolute atomic E-state index is 13.3. The highest BCUT2D eigenvalue weighted by molar-refractivity contribution is 7.84. The second-order valence-electron chi connectivity index (χ2n) is 12.5. The lowest BCUT2D eigenvalue weighted by Gasteiger charge is -2.43. The number of hydrogen-bond donors (Lipinski definition) is 2. The van der Waals surface area contributed by atoms with Crippen molar-refractivity contribution in [3.8, 4) is 5.75 Å². The largest absolute Gasteiger partial charge is 0.491 e. The Bertz CT molecular complexity index is 1400. The molecule has 2 aliphatic heterocycles. The third-order valence-corrected chi connectivity index (χ3v) is 11.1. The summed E-state index contributed by atoms with van der Waals surface area (Å²) in [6, 6.07) is 11.8. The molecule has 0 saturated heterocycles. The van der Waals surface area contributed by atoms with Crippen LogP contribution in [0.1, 0.15) is 80.8 Å². The third-order valence-electron chi connectivity index (χ3n) is 9.30. The van der Waals surface area contributed by atoms with Crippen LogP contribution >= 0.6 is 11.6 Å². The number of ether oxygens (including phenoxy) is 2. The van der Waals surface area contributed by atoms with Gasteiger partial charge in [-0.2, -0.15) is 0 Å². The molecule has 2 aromatic carbocycles. The Hall–Kier alpha value is -2.88. The lowest BCUT2D eigenvalue weighted by molar-refractivity contribution is -0.134. The number of anilines is 1. The minimum absolute atomic E-state index is 0.0478. The van der Waals surface area contributed by atoms with Crippen molar-refractivity contribution in [2.24, 2.45) is 17.8 Å². The van der Waals surface area contributed by atoms with Crippen molar-refractivity contribution in [2.45, 2.75) is 77.1 Å². The van der Waals surface area contributed by atoms with Gasteiger partial charge in [0.2, 0.25) is 0 Å². The van der Waals surface area contributed by atoms with Gasteiger partial charge in [-0.25, -0.2) is 4.21 Å². The SMILES string of the molecule is CC(=O)O.CCCc1cc(Cl)ccc1C1COc2ccc3cc2N(C1)CC1CCC1C(OC)/C=C/CC(C)C(C)S(=O)NC3=O. The highest BCUT2D eigenvalue weighted by atomic mass is 35.5. The number of fused-ring (bicyclic) bond motifs is 2. The Kier molecular flexibility index (Phi) is 12.5. The molecule has 5 rings (SSSR count). The molecule has 8 nitrogen and oxygen atoms in total. The number of rotatable bonds is 4. The van der Waals surface area contributed by atoms with Gasteiger partial charge in [0.15, 0.2) is 0 Å². The van der Waals surface area contributed by atoms with Gasteiger partial charge in [0.25, 0.3) is 11.9 Å². The van der Waals surface area contributed by atoms with Crippen molar-refractivity contribution in [3.05, 3.63) is 70.3 Å². The molecule has 246 valence electrons. The molecule has 0 aromatic heterocycles. The van der Waals surface area contributed by atoms with Gasteiger partial charge in [0.05, 0.1) is 23.6 Å². The second-order valence-corrected chi connectivity index (χ2v) is 14.5. The zero-order valence-corrected chi connectivity index (χ0v) is 28.5. The van der Waals surface area contributed by atoms with Gasteiger partial charge in [-0.3, -0.25) is 14.3 Å². The molecule has 10 heteroatoms. The van der Waals surface area contributed by atoms with E-state index in [2.05, 4.69) is 47.8 Å². The summed E-state index contributed by atoms with van der Waals surface area (Å²) in [6.45, 7) is 9.46. The molecule has 1 amide bonds. The Labute approximate surface area is 275 Å². The average molecular weight is 659 g/mol. The average Bonchev–Trinajstić information content (AvgIpc) is 3.16. The molecule has 2 heterocycles. The van der Waals surface area contributed by atoms with Gasteiger partial charge in [-0.1, -0.05) is 50.1 Å². The summed E-state index contributed by atoms with van der Waals surface area (Å²) in [7, 11) is 0.296. The van der Waals surface area contributed by atoms with E-state index in [1.807, 2.05) is 25.1 Å². The Morgan fingerprint density at radius 1 is 1.18 bits per heavy atom. The molecule has 45 heavy (non-hydrogen) atoms. The molecule has 1 fully saturated rings. The summed E-state index contributed by atoms with van der Waals surface area (Å²) in [4.78, 5) is 24.7. The fraction of sp³-hybridized carbons (Fsp3) is 0.543. The molecule has 1 saturated carbocycles. The number of hydrogen-bond acceptors (Lipinski definition) is 6. The van der Waals surface area contributed by atoms with Gasteiger partial charge in [0, 0.05) is 43.6 Å². The van der Waals surface area contributed by atoms with Crippen LogP contribution in [0.3, 0.4) is 0 Å². The summed E-state index contributed by atoms with van der Waals surface area (Å²) >= 11 is 6.40. The van der Waals surface area contributed by atoms with Gasteiger partial charge in [0.1, 0.15) is 16.7 Å². The van der Waals surface area contributed by atoms with Crippen LogP contribution in [0.15, 0.2) is 48.6 Å². The predicted octanol–water partition coefficient (Wildman–Crippen LogP) is 6.79. The van der Waals surface area contributed by atoms with Crippen LogP contribution in [0.25, 0.3) is 0 Å². The van der Waals surface area contributed by atoms with E-state index in [4.69, 9.17) is 31.0 Å². The van der Waals surface area contributed by atoms with E-state index in [1.165, 1.54) is 11.1 Å². The van der Waals surface area contributed by atoms with Gasteiger partial charge in [-0.15, -0.1) is 0 Å². The normalized spacial score (nSPS) is 29.0. The van der Waals surface area contributed by atoms with Gasteiger partial charge in [-0.05, 0) is 91.8 Å². The molecule has 2 bridgehead atoms. The molecule has 0 spiro atoms. The quantitative estimate of drug-likeness (QED) is 0.349. The van der Waals surface area contributed by atoms with E-state index in [-0.39, 0.29) is 29.1 Å². The van der Waals surface area contributed by atoms with Crippen LogP contribution in [-0.2, 0) is 26.9 Å². The Morgan fingerprint density at radius 2 is 1.93 bits per heavy atom. The number of allylic oxidation sites excluding steroid dienone is 1. The van der Waals surface area contributed by atoms with Crippen LogP contribution in [0.4, 0.5) is 5.69 Å². The highest BCUT2D eigenvalue weighted by Crippen LogP contribution is 2.43. The Balaban J connectivity index is 0.00000109. The summed E-state index contributed by atoms with van der Waals surface area (Å²) in [6.07, 6.45) is 9.47. The first-order chi connectivity index (χ1) is 21.5. The molecule has 3 aliphatic rings. The smallest absolute Gasteiger partial charge is 0.300 e. The van der Waals surface area contributed by atoms with Crippen LogP contribution in [0, 0.1) is 17.8 Å². The van der Waals surface area contributed by atoms with Crippen molar-refractivity contribution in [1.82, 2.24) is 4.72 Å². The number of aryl methyl sites for hydroxylation is 1. The molecule has 2 N–H and O–H groups in total. The molecule has 1 aliphatic carbocycles. The fourth-order valence-corrected chi connectivity index (χ4v) is 7.68. The number of aliphatic carboxylic acids is 1. The van der Waals surface area contributed by atoms with E-state index in [0.29, 0.717) is 24.0 Å². The summed E-state index contributed by atoms with van der Waals surface area (Å²) in [5.74, 6) is 0.806. The fourth-order valence-electron chi connectivity index (χ4n) is 6.46. The topological polar surface area (TPSA) is 105 Å². The van der Waals surface area contributed by atoms with Crippen LogP contribution in [0.5, 0.6) is 5.75 Å². The number of methoxy groups -OCH3 is 1. The summed E-state index contributed by atoms with van der Waals surface area (Å²) < 4.78 is 28.3. The number of carbonyl (C=O) groups is 2. The van der Waals surface area contributed by atoms with E-state index in [9.17, 15) is 9.00 Å². The van der Waals surface area contributed by atoms with Crippen molar-refractivity contribution < 1.29 is 28.4 Å². The van der Waals surface area contributed by atoms with E-state index in [0.717, 1.165) is 68.6 Å². The number of halogens is 1. The molecule has 2 aromatic rings. The first kappa shape index (κ1) is 35.0. The lowest BCUT2D eigenvalue weighted by Crippen LogP contribution is -2.44. The van der Waals surface area contributed by atoms with E-state index < -0.39 is 17.0 Å². The molecule has 7 unspecified atom stereocenters. The predicted molar refractivity (Wildman–Crippen MR) is 181 cm³/mol. The van der Waals surface area contributed by atoms with Crippen LogP contribution in [-0.4, -0.2) is 59.4 Å². The van der Waals surface area contributed by atoms with E-state index in [1.54, 1.807) is 13.2 Å². The maximum atomic E-state index is 13.3. The van der Waals surface area contributed by atoms with Crippen molar-refractivity contribution in [3.63, 3.8) is 0 Å². The number of amides is 1. The number of nitrogens with one attached hydrogen (secondary N) is 1. The van der Waals surface area contributed by atoms with Gasteiger partial charge >= 0.3 is 0 Å². The number of carboxylic acids is 1. The van der Waals surface area contributed by atoms with Crippen LogP contribution < -0.4 is 14.4 Å². The summed E-state index contributed by atoms with van der Waals surface area (Å²) in [5.41, 5.74) is 3.95. The van der Waals surface area contributed by atoms with Crippen molar-refractivity contribution >= 4 is 40.2 Å². The minimum atomic E-state index is -1.50.